The number of hydrogen-bond donors (Lipinski definition) is 1. The van der Waals surface area contributed by atoms with E-state index >= 15 is 0 Å². The van der Waals surface area contributed by atoms with Crippen molar-refractivity contribution >= 4 is 23.5 Å². The Balaban J connectivity index is 2.45. The molecular formula is C14H22N2O2S. The first-order chi connectivity index (χ1) is 9.17. The van der Waals surface area contributed by atoms with E-state index in [9.17, 15) is 4.79 Å². The van der Waals surface area contributed by atoms with Crippen molar-refractivity contribution in [2.45, 2.75) is 33.2 Å². The minimum atomic E-state index is -0.325. The molecule has 0 amide bonds. The van der Waals surface area contributed by atoms with Crippen molar-refractivity contribution < 1.29 is 9.53 Å². The molecule has 1 rings (SSSR count). The Hall–Kier alpha value is -1.23. The van der Waals surface area contributed by atoms with Crippen LogP contribution in [0, 0.1) is 0 Å². The fourth-order valence-corrected chi connectivity index (χ4v) is 2.35. The highest BCUT2D eigenvalue weighted by molar-refractivity contribution is 7.99. The number of esters is 1. The highest BCUT2D eigenvalue weighted by atomic mass is 32.2. The summed E-state index contributed by atoms with van der Waals surface area (Å²) in [5, 5.41) is 3.32. The number of pyridine rings is 1. The van der Waals surface area contributed by atoms with E-state index in [4.69, 9.17) is 4.74 Å². The van der Waals surface area contributed by atoms with Gasteiger partial charge in [-0.3, -0.25) is 0 Å². The van der Waals surface area contributed by atoms with Gasteiger partial charge in [0.25, 0.3) is 0 Å². The second kappa shape index (κ2) is 8.80. The molecule has 0 saturated carbocycles. The predicted octanol–water partition coefficient (Wildman–Crippen LogP) is 3.20. The number of aromatic nitrogens is 1. The fraction of sp³-hybridized carbons (Fsp3) is 0.571. The maximum atomic E-state index is 11.5. The largest absolute Gasteiger partial charge is 0.462 e. The van der Waals surface area contributed by atoms with Crippen molar-refractivity contribution in [2.24, 2.45) is 0 Å². The number of carbonyl (C=O) groups is 1. The first kappa shape index (κ1) is 15.8. The molecule has 0 saturated heterocycles. The highest BCUT2D eigenvalue weighted by Crippen LogP contribution is 2.11. The average Bonchev–Trinajstić information content (AvgIpc) is 2.40. The van der Waals surface area contributed by atoms with Crippen LogP contribution in [-0.4, -0.2) is 35.1 Å². The molecule has 0 fully saturated rings. The van der Waals surface area contributed by atoms with Crippen LogP contribution in [0.1, 0.15) is 37.6 Å². The van der Waals surface area contributed by atoms with Gasteiger partial charge in [-0.05, 0) is 43.9 Å². The summed E-state index contributed by atoms with van der Waals surface area (Å²) in [7, 11) is 0. The van der Waals surface area contributed by atoms with E-state index in [1.165, 1.54) is 0 Å². The fourth-order valence-electron chi connectivity index (χ4n) is 1.54. The van der Waals surface area contributed by atoms with Crippen LogP contribution in [0.4, 0.5) is 5.82 Å². The minimum Gasteiger partial charge on any atom is -0.462 e. The van der Waals surface area contributed by atoms with Crippen LogP contribution in [0.5, 0.6) is 0 Å². The Morgan fingerprint density at radius 2 is 2.26 bits per heavy atom. The summed E-state index contributed by atoms with van der Waals surface area (Å²) in [6.45, 7) is 6.47. The Labute approximate surface area is 119 Å². The Morgan fingerprint density at radius 3 is 2.84 bits per heavy atom. The third-order valence-corrected chi connectivity index (χ3v) is 3.50. The molecule has 19 heavy (non-hydrogen) atoms. The summed E-state index contributed by atoms with van der Waals surface area (Å²) in [6.07, 6.45) is 2.65. The predicted molar refractivity (Wildman–Crippen MR) is 80.9 cm³/mol. The molecular weight excluding hydrogens is 260 g/mol. The van der Waals surface area contributed by atoms with Crippen molar-refractivity contribution in [1.82, 2.24) is 4.98 Å². The van der Waals surface area contributed by atoms with Gasteiger partial charge in [0, 0.05) is 12.2 Å². The molecule has 1 aromatic heterocycles. The van der Waals surface area contributed by atoms with E-state index in [1.54, 1.807) is 19.2 Å². The van der Waals surface area contributed by atoms with Crippen molar-refractivity contribution in [2.75, 3.05) is 23.4 Å². The third kappa shape index (κ3) is 5.96. The second-order valence-corrected chi connectivity index (χ2v) is 5.58. The molecule has 0 aliphatic rings. The van der Waals surface area contributed by atoms with Gasteiger partial charge < -0.3 is 10.1 Å². The molecule has 0 aliphatic heterocycles. The second-order valence-electron chi connectivity index (χ2n) is 4.18. The normalized spacial score (nSPS) is 11.9. The monoisotopic (exact) mass is 282 g/mol. The van der Waals surface area contributed by atoms with Crippen LogP contribution in [0.25, 0.3) is 0 Å². The van der Waals surface area contributed by atoms with E-state index in [2.05, 4.69) is 24.1 Å². The van der Waals surface area contributed by atoms with Gasteiger partial charge in [0.15, 0.2) is 0 Å². The lowest BCUT2D eigenvalue weighted by molar-refractivity contribution is 0.0526. The summed E-state index contributed by atoms with van der Waals surface area (Å²) in [5.74, 6) is 2.76. The highest BCUT2D eigenvalue weighted by Gasteiger charge is 2.07. The number of rotatable bonds is 8. The van der Waals surface area contributed by atoms with E-state index in [1.807, 2.05) is 17.8 Å². The van der Waals surface area contributed by atoms with E-state index < -0.39 is 0 Å². The standard InChI is InChI=1S/C14H22N2O2S/c1-4-18-14(17)12-6-7-13(15-10-12)16-11(3)8-9-19-5-2/h6-7,10-11H,4-5,8-9H2,1-3H3,(H,15,16). The lowest BCUT2D eigenvalue weighted by Crippen LogP contribution is -2.17. The summed E-state index contributed by atoms with van der Waals surface area (Å²) in [5.41, 5.74) is 0.488. The van der Waals surface area contributed by atoms with Crippen LogP contribution in [-0.2, 0) is 4.74 Å². The zero-order valence-electron chi connectivity index (χ0n) is 11.8. The zero-order chi connectivity index (χ0) is 14.1. The molecule has 1 unspecified atom stereocenters. The maximum absolute atomic E-state index is 11.5. The molecule has 1 aromatic rings. The number of nitrogens with one attached hydrogen (secondary N) is 1. The van der Waals surface area contributed by atoms with Gasteiger partial charge in [-0.15, -0.1) is 0 Å². The van der Waals surface area contributed by atoms with Crippen LogP contribution in [0.3, 0.4) is 0 Å². The number of thioether (sulfide) groups is 1. The third-order valence-electron chi connectivity index (χ3n) is 2.57. The number of carbonyl (C=O) groups excluding carboxylic acids is 1. The smallest absolute Gasteiger partial charge is 0.339 e. The number of nitrogens with zero attached hydrogens (tertiary/aromatic N) is 1. The molecule has 1 atom stereocenters. The summed E-state index contributed by atoms with van der Waals surface area (Å²) in [6, 6.07) is 3.93. The van der Waals surface area contributed by atoms with Gasteiger partial charge in [0.2, 0.25) is 0 Å². The minimum absolute atomic E-state index is 0.325. The lowest BCUT2D eigenvalue weighted by atomic mass is 10.2. The zero-order valence-corrected chi connectivity index (χ0v) is 12.6. The van der Waals surface area contributed by atoms with E-state index in [0.29, 0.717) is 18.2 Å². The van der Waals surface area contributed by atoms with Crippen LogP contribution in [0.2, 0.25) is 0 Å². The Morgan fingerprint density at radius 1 is 1.47 bits per heavy atom. The van der Waals surface area contributed by atoms with E-state index in [-0.39, 0.29) is 5.97 Å². The average molecular weight is 282 g/mol. The molecule has 0 radical (unpaired) electrons. The van der Waals surface area contributed by atoms with Gasteiger partial charge in [-0.25, -0.2) is 9.78 Å². The number of hydrogen-bond acceptors (Lipinski definition) is 5. The number of ether oxygens (including phenoxy) is 1. The first-order valence-electron chi connectivity index (χ1n) is 6.64. The lowest BCUT2D eigenvalue weighted by Gasteiger charge is -2.14. The molecule has 106 valence electrons. The SMILES string of the molecule is CCOC(=O)c1ccc(NC(C)CCSCC)nc1. The van der Waals surface area contributed by atoms with Crippen molar-refractivity contribution in [3.05, 3.63) is 23.9 Å². The van der Waals surface area contributed by atoms with E-state index in [0.717, 1.165) is 23.7 Å². The van der Waals surface area contributed by atoms with Gasteiger partial charge in [0.05, 0.1) is 12.2 Å². The molecule has 0 spiro atoms. The Bertz CT molecular complexity index is 382. The van der Waals surface area contributed by atoms with Gasteiger partial charge in [0.1, 0.15) is 5.82 Å². The van der Waals surface area contributed by atoms with Crippen LogP contribution < -0.4 is 5.32 Å². The van der Waals surface area contributed by atoms with Crippen molar-refractivity contribution in [3.8, 4) is 0 Å². The summed E-state index contributed by atoms with van der Waals surface area (Å²) >= 11 is 1.94. The number of anilines is 1. The molecule has 5 heteroatoms. The topological polar surface area (TPSA) is 51.2 Å². The van der Waals surface area contributed by atoms with Gasteiger partial charge >= 0.3 is 5.97 Å². The molecule has 1 N–H and O–H groups in total. The summed E-state index contributed by atoms with van der Waals surface area (Å²) < 4.78 is 4.91. The van der Waals surface area contributed by atoms with Crippen molar-refractivity contribution in [1.29, 1.82) is 0 Å². The molecule has 0 aliphatic carbocycles. The molecule has 0 bridgehead atoms. The van der Waals surface area contributed by atoms with Gasteiger partial charge in [-0.2, -0.15) is 11.8 Å². The molecule has 1 heterocycles. The maximum Gasteiger partial charge on any atom is 0.339 e. The van der Waals surface area contributed by atoms with Crippen molar-refractivity contribution in [3.63, 3.8) is 0 Å². The van der Waals surface area contributed by atoms with Crippen LogP contribution >= 0.6 is 11.8 Å². The van der Waals surface area contributed by atoms with Gasteiger partial charge in [-0.1, -0.05) is 6.92 Å². The molecule has 0 aromatic carbocycles. The summed E-state index contributed by atoms with van der Waals surface area (Å²) in [4.78, 5) is 15.7. The Kier molecular flexibility index (Phi) is 7.33. The van der Waals surface area contributed by atoms with Crippen LogP contribution in [0.15, 0.2) is 18.3 Å². The molecule has 4 nitrogen and oxygen atoms in total. The first-order valence-corrected chi connectivity index (χ1v) is 7.80. The quantitative estimate of drug-likeness (QED) is 0.586.